The topological polar surface area (TPSA) is 91.9 Å². The third kappa shape index (κ3) is 4.21. The van der Waals surface area contributed by atoms with Crippen LogP contribution in [0, 0.1) is 0 Å². The van der Waals surface area contributed by atoms with E-state index in [1.807, 2.05) is 6.92 Å². The van der Waals surface area contributed by atoms with E-state index in [1.165, 1.54) is 6.20 Å². The van der Waals surface area contributed by atoms with Gasteiger partial charge in [-0.05, 0) is 0 Å². The molecule has 0 bridgehead atoms. The molecule has 2 N–H and O–H groups in total. The molecule has 0 saturated heterocycles. The van der Waals surface area contributed by atoms with Crippen molar-refractivity contribution < 1.29 is 12.6 Å². The standard InChI is InChI=1S/C9H17N3O3S2/c1-3-8-10-7-9(12-8)17(14,15)11-5-6-16(13)4-2/h7,11H,3-6H2,1-2H3,(H,10,12). The first-order valence-electron chi connectivity index (χ1n) is 5.38. The molecule has 0 aromatic carbocycles. The maximum atomic E-state index is 11.7. The molecular formula is C9H17N3O3S2. The Labute approximate surface area is 104 Å². The number of aromatic nitrogens is 2. The van der Waals surface area contributed by atoms with E-state index in [1.54, 1.807) is 6.92 Å². The van der Waals surface area contributed by atoms with E-state index in [4.69, 9.17) is 0 Å². The fourth-order valence-electron chi connectivity index (χ4n) is 1.17. The highest BCUT2D eigenvalue weighted by Gasteiger charge is 2.16. The van der Waals surface area contributed by atoms with Crippen LogP contribution in [0.15, 0.2) is 11.2 Å². The summed E-state index contributed by atoms with van der Waals surface area (Å²) in [6.07, 6.45) is 1.94. The molecule has 98 valence electrons. The molecule has 1 heterocycles. The molecule has 8 heteroatoms. The average molecular weight is 279 g/mol. The van der Waals surface area contributed by atoms with Crippen molar-refractivity contribution in [2.75, 3.05) is 18.1 Å². The minimum atomic E-state index is -3.56. The van der Waals surface area contributed by atoms with Crippen molar-refractivity contribution in [3.05, 3.63) is 12.0 Å². The fraction of sp³-hybridized carbons (Fsp3) is 0.667. The van der Waals surface area contributed by atoms with Crippen LogP contribution in [0.4, 0.5) is 0 Å². The van der Waals surface area contributed by atoms with Crippen molar-refractivity contribution in [3.63, 3.8) is 0 Å². The third-order valence-electron chi connectivity index (χ3n) is 2.17. The summed E-state index contributed by atoms with van der Waals surface area (Å²) in [4.78, 5) is 6.64. The number of H-pyrrole nitrogens is 1. The average Bonchev–Trinajstić information content (AvgIpc) is 2.77. The molecule has 0 saturated carbocycles. The van der Waals surface area contributed by atoms with Crippen LogP contribution in [0.5, 0.6) is 0 Å². The second kappa shape index (κ2) is 6.27. The van der Waals surface area contributed by atoms with Gasteiger partial charge in [0.05, 0.1) is 6.20 Å². The van der Waals surface area contributed by atoms with Gasteiger partial charge in [-0.1, -0.05) is 13.8 Å². The predicted octanol–water partition coefficient (Wildman–Crippen LogP) is 0.0190. The Hall–Kier alpha value is -0.730. The molecule has 6 nitrogen and oxygen atoms in total. The molecule has 0 aliphatic heterocycles. The highest BCUT2D eigenvalue weighted by molar-refractivity contribution is 7.89. The third-order valence-corrected chi connectivity index (χ3v) is 4.85. The van der Waals surface area contributed by atoms with E-state index < -0.39 is 20.8 Å². The predicted molar refractivity (Wildman–Crippen MR) is 66.7 cm³/mol. The molecule has 0 fully saturated rings. The first-order valence-corrected chi connectivity index (χ1v) is 8.35. The number of nitrogens with zero attached hydrogens (tertiary/aromatic N) is 1. The lowest BCUT2D eigenvalue weighted by atomic mass is 10.5. The maximum absolute atomic E-state index is 11.7. The Balaban J connectivity index is 2.59. The van der Waals surface area contributed by atoms with Crippen molar-refractivity contribution >= 4 is 20.8 Å². The van der Waals surface area contributed by atoms with Gasteiger partial charge in [-0.15, -0.1) is 0 Å². The number of hydrogen-bond donors (Lipinski definition) is 2. The zero-order valence-corrected chi connectivity index (χ0v) is 11.5. The first kappa shape index (κ1) is 14.3. The number of aryl methyl sites for hydroxylation is 1. The van der Waals surface area contributed by atoms with Gasteiger partial charge in [0.25, 0.3) is 10.0 Å². The minimum absolute atomic E-state index is 0.0524. The SMILES string of the molecule is CCc1ncc(S(=O)(=O)NCCS(=O)CC)[nH]1. The van der Waals surface area contributed by atoms with Crippen LogP contribution >= 0.6 is 0 Å². The van der Waals surface area contributed by atoms with Crippen LogP contribution in [0.3, 0.4) is 0 Å². The Kier molecular flexibility index (Phi) is 5.29. The summed E-state index contributed by atoms with van der Waals surface area (Å²) < 4.78 is 37.0. The molecule has 1 rings (SSSR count). The molecule has 0 amide bonds. The highest BCUT2D eigenvalue weighted by atomic mass is 32.2. The molecular weight excluding hydrogens is 262 g/mol. The molecule has 0 aliphatic carbocycles. The molecule has 1 aromatic rings. The van der Waals surface area contributed by atoms with Gasteiger partial charge in [-0.25, -0.2) is 18.1 Å². The van der Waals surface area contributed by atoms with E-state index in [-0.39, 0.29) is 11.6 Å². The number of nitrogens with one attached hydrogen (secondary N) is 2. The molecule has 1 unspecified atom stereocenters. The maximum Gasteiger partial charge on any atom is 0.257 e. The quantitative estimate of drug-likeness (QED) is 0.736. The number of imidazole rings is 1. The summed E-state index contributed by atoms with van der Waals surface area (Å²) in [7, 11) is -4.52. The fourth-order valence-corrected chi connectivity index (χ4v) is 2.89. The largest absolute Gasteiger partial charge is 0.332 e. The number of hydrogen-bond acceptors (Lipinski definition) is 4. The van der Waals surface area contributed by atoms with Gasteiger partial charge in [0.15, 0.2) is 5.03 Å². The van der Waals surface area contributed by atoms with Gasteiger partial charge in [0.2, 0.25) is 0 Å². The smallest absolute Gasteiger partial charge is 0.257 e. The lowest BCUT2D eigenvalue weighted by Crippen LogP contribution is -2.28. The summed E-state index contributed by atoms with van der Waals surface area (Å²) in [5, 5.41) is 0.0524. The van der Waals surface area contributed by atoms with Gasteiger partial charge in [-0.2, -0.15) is 0 Å². The van der Waals surface area contributed by atoms with Crippen molar-refractivity contribution in [2.24, 2.45) is 0 Å². The summed E-state index contributed by atoms with van der Waals surface area (Å²) >= 11 is 0. The van der Waals surface area contributed by atoms with Gasteiger partial charge in [0, 0.05) is 35.3 Å². The van der Waals surface area contributed by atoms with Crippen LogP contribution in [-0.2, 0) is 27.2 Å². The van der Waals surface area contributed by atoms with Gasteiger partial charge >= 0.3 is 0 Å². The molecule has 0 aliphatic rings. The van der Waals surface area contributed by atoms with Crippen molar-refractivity contribution in [1.82, 2.24) is 14.7 Å². The van der Waals surface area contributed by atoms with E-state index >= 15 is 0 Å². The van der Waals surface area contributed by atoms with Crippen LogP contribution in [0.1, 0.15) is 19.7 Å². The zero-order chi connectivity index (χ0) is 12.9. The lowest BCUT2D eigenvalue weighted by molar-refractivity contribution is 0.580. The first-order chi connectivity index (χ1) is 7.99. The van der Waals surface area contributed by atoms with E-state index in [0.29, 0.717) is 23.8 Å². The van der Waals surface area contributed by atoms with Crippen LogP contribution in [0.25, 0.3) is 0 Å². The van der Waals surface area contributed by atoms with Gasteiger partial charge < -0.3 is 4.98 Å². The molecule has 1 aromatic heterocycles. The summed E-state index contributed by atoms with van der Waals surface area (Å²) in [5.74, 6) is 1.48. The van der Waals surface area contributed by atoms with E-state index in [0.717, 1.165) is 0 Å². The summed E-state index contributed by atoms with van der Waals surface area (Å²) in [6.45, 7) is 3.85. The summed E-state index contributed by atoms with van der Waals surface area (Å²) in [6, 6.07) is 0. The van der Waals surface area contributed by atoms with Crippen molar-refractivity contribution in [3.8, 4) is 0 Å². The van der Waals surface area contributed by atoms with Crippen LogP contribution < -0.4 is 4.72 Å². The van der Waals surface area contributed by atoms with E-state index in [9.17, 15) is 12.6 Å². The van der Waals surface area contributed by atoms with Gasteiger partial charge in [0.1, 0.15) is 5.82 Å². The minimum Gasteiger partial charge on any atom is -0.332 e. The van der Waals surface area contributed by atoms with Crippen LogP contribution in [-0.4, -0.2) is 40.6 Å². The van der Waals surface area contributed by atoms with Crippen molar-refractivity contribution in [2.45, 2.75) is 25.3 Å². The monoisotopic (exact) mass is 279 g/mol. The number of aromatic amines is 1. The molecule has 1 atom stereocenters. The summed E-state index contributed by atoms with van der Waals surface area (Å²) in [5.41, 5.74) is 0. The Morgan fingerprint density at radius 3 is 2.71 bits per heavy atom. The highest BCUT2D eigenvalue weighted by Crippen LogP contribution is 2.05. The molecule has 0 radical (unpaired) electrons. The van der Waals surface area contributed by atoms with Crippen molar-refractivity contribution in [1.29, 1.82) is 0 Å². The normalized spacial score (nSPS) is 13.8. The van der Waals surface area contributed by atoms with Gasteiger partial charge in [-0.3, -0.25) is 4.21 Å². The number of rotatable bonds is 7. The van der Waals surface area contributed by atoms with E-state index in [2.05, 4.69) is 14.7 Å². The Morgan fingerprint density at radius 2 is 2.18 bits per heavy atom. The zero-order valence-electron chi connectivity index (χ0n) is 9.89. The second-order valence-corrected chi connectivity index (χ2v) is 6.98. The Morgan fingerprint density at radius 1 is 1.47 bits per heavy atom. The molecule has 17 heavy (non-hydrogen) atoms. The van der Waals surface area contributed by atoms with Crippen LogP contribution in [0.2, 0.25) is 0 Å². The number of sulfonamides is 1. The Bertz CT molecular complexity index is 481. The molecule has 0 spiro atoms. The second-order valence-electron chi connectivity index (χ2n) is 3.38. The lowest BCUT2D eigenvalue weighted by Gasteiger charge is -2.03.